The smallest absolute Gasteiger partial charge is 0.276 e. The molecule has 0 fully saturated rings. The minimum atomic E-state index is -0.219. The number of nitrogens with two attached hydrogens (primary N) is 1. The van der Waals surface area contributed by atoms with Crippen molar-refractivity contribution in [2.45, 2.75) is 6.54 Å². The van der Waals surface area contributed by atoms with Crippen molar-refractivity contribution in [3.05, 3.63) is 40.5 Å². The van der Waals surface area contributed by atoms with E-state index < -0.39 is 0 Å². The van der Waals surface area contributed by atoms with Crippen molar-refractivity contribution in [2.75, 3.05) is 12.8 Å². The Morgan fingerprint density at radius 1 is 1.47 bits per heavy atom. The lowest BCUT2D eigenvalue weighted by molar-refractivity contribution is 0.0781. The van der Waals surface area contributed by atoms with Gasteiger partial charge < -0.3 is 10.6 Å². The van der Waals surface area contributed by atoms with E-state index in [1.807, 2.05) is 17.5 Å². The molecular weight excluding hydrogens is 236 g/mol. The number of hydrogen-bond donors (Lipinski definition) is 1. The maximum Gasteiger partial charge on any atom is 0.276 e. The Kier molecular flexibility index (Phi) is 3.34. The summed E-state index contributed by atoms with van der Waals surface area (Å²) < 4.78 is 0. The van der Waals surface area contributed by atoms with Crippen molar-refractivity contribution < 1.29 is 4.79 Å². The summed E-state index contributed by atoms with van der Waals surface area (Å²) in [6.07, 6.45) is 2.92. The van der Waals surface area contributed by atoms with Crippen molar-refractivity contribution in [1.82, 2.24) is 14.9 Å². The Labute approximate surface area is 103 Å². The highest BCUT2D eigenvalue weighted by Crippen LogP contribution is 2.13. The average molecular weight is 248 g/mol. The Bertz CT molecular complexity index is 512. The van der Waals surface area contributed by atoms with Gasteiger partial charge in [0, 0.05) is 24.3 Å². The second-order valence-corrected chi connectivity index (χ2v) is 4.56. The van der Waals surface area contributed by atoms with Crippen molar-refractivity contribution in [3.8, 4) is 0 Å². The van der Waals surface area contributed by atoms with Crippen LogP contribution in [0.25, 0.3) is 0 Å². The molecule has 0 aromatic carbocycles. The van der Waals surface area contributed by atoms with Gasteiger partial charge in [-0.1, -0.05) is 6.07 Å². The van der Waals surface area contributed by atoms with E-state index in [4.69, 9.17) is 5.73 Å². The van der Waals surface area contributed by atoms with Crippen LogP contribution in [-0.2, 0) is 6.54 Å². The van der Waals surface area contributed by atoms with Gasteiger partial charge in [-0.05, 0) is 11.4 Å². The van der Waals surface area contributed by atoms with Crippen LogP contribution < -0.4 is 5.73 Å². The molecule has 2 rings (SSSR count). The van der Waals surface area contributed by atoms with Gasteiger partial charge in [0.05, 0.1) is 6.54 Å². The molecule has 0 unspecified atom stereocenters. The molecule has 2 heterocycles. The maximum atomic E-state index is 12.0. The van der Waals surface area contributed by atoms with Crippen LogP contribution in [0.4, 0.5) is 5.82 Å². The first kappa shape index (κ1) is 11.5. The number of nitrogen functional groups attached to an aromatic ring is 1. The monoisotopic (exact) mass is 248 g/mol. The van der Waals surface area contributed by atoms with Gasteiger partial charge in [-0.15, -0.1) is 11.3 Å². The predicted molar refractivity (Wildman–Crippen MR) is 66.6 cm³/mol. The lowest BCUT2D eigenvalue weighted by atomic mass is 10.3. The molecule has 1 amide bonds. The largest absolute Gasteiger partial charge is 0.382 e. The van der Waals surface area contributed by atoms with Crippen LogP contribution in [0.2, 0.25) is 0 Å². The Hall–Kier alpha value is -1.95. The molecule has 0 radical (unpaired) electrons. The van der Waals surface area contributed by atoms with E-state index in [9.17, 15) is 4.79 Å². The number of thiophene rings is 1. The SMILES string of the molecule is CN(Cc1cccs1)C(=O)c1nccnc1N. The van der Waals surface area contributed by atoms with Crippen LogP contribution >= 0.6 is 11.3 Å². The number of carbonyl (C=O) groups is 1. The van der Waals surface area contributed by atoms with Crippen molar-refractivity contribution >= 4 is 23.1 Å². The zero-order valence-electron chi connectivity index (χ0n) is 9.33. The third-order valence-corrected chi connectivity index (χ3v) is 3.11. The van der Waals surface area contributed by atoms with Gasteiger partial charge in [-0.2, -0.15) is 0 Å². The fourth-order valence-corrected chi connectivity index (χ4v) is 2.16. The second kappa shape index (κ2) is 4.92. The summed E-state index contributed by atoms with van der Waals surface area (Å²) in [7, 11) is 1.72. The van der Waals surface area contributed by atoms with Gasteiger partial charge in [0.2, 0.25) is 0 Å². The highest BCUT2D eigenvalue weighted by Gasteiger charge is 2.17. The molecule has 0 aliphatic heterocycles. The maximum absolute atomic E-state index is 12.0. The van der Waals surface area contributed by atoms with E-state index in [2.05, 4.69) is 9.97 Å². The predicted octanol–water partition coefficient (Wildman–Crippen LogP) is 1.39. The molecule has 0 atom stereocenters. The molecule has 0 saturated heterocycles. The van der Waals surface area contributed by atoms with Crippen LogP contribution in [0.15, 0.2) is 29.9 Å². The zero-order chi connectivity index (χ0) is 12.3. The topological polar surface area (TPSA) is 72.1 Å². The summed E-state index contributed by atoms with van der Waals surface area (Å²) in [4.78, 5) is 22.5. The van der Waals surface area contributed by atoms with Gasteiger partial charge in [-0.25, -0.2) is 9.97 Å². The van der Waals surface area contributed by atoms with Crippen LogP contribution in [-0.4, -0.2) is 27.8 Å². The highest BCUT2D eigenvalue weighted by atomic mass is 32.1. The van der Waals surface area contributed by atoms with Crippen LogP contribution in [0, 0.1) is 0 Å². The molecule has 0 aliphatic carbocycles. The molecule has 0 saturated carbocycles. The zero-order valence-corrected chi connectivity index (χ0v) is 10.1. The second-order valence-electron chi connectivity index (χ2n) is 3.53. The summed E-state index contributed by atoms with van der Waals surface area (Å²) >= 11 is 1.61. The van der Waals surface area contributed by atoms with Gasteiger partial charge in [0.1, 0.15) is 0 Å². The first-order chi connectivity index (χ1) is 8.18. The lowest BCUT2D eigenvalue weighted by Gasteiger charge is -2.15. The summed E-state index contributed by atoms with van der Waals surface area (Å²) in [5.74, 6) is -0.0560. The van der Waals surface area contributed by atoms with E-state index in [1.54, 1.807) is 23.3 Å². The summed E-state index contributed by atoms with van der Waals surface area (Å²) in [5, 5.41) is 1.98. The van der Waals surface area contributed by atoms with E-state index in [0.717, 1.165) is 4.88 Å². The van der Waals surface area contributed by atoms with Gasteiger partial charge >= 0.3 is 0 Å². The quantitative estimate of drug-likeness (QED) is 0.891. The fraction of sp³-hybridized carbons (Fsp3) is 0.182. The van der Waals surface area contributed by atoms with Crippen molar-refractivity contribution in [2.24, 2.45) is 0 Å². The molecule has 88 valence electrons. The van der Waals surface area contributed by atoms with E-state index in [-0.39, 0.29) is 17.4 Å². The average Bonchev–Trinajstić information content (AvgIpc) is 2.81. The Morgan fingerprint density at radius 3 is 2.88 bits per heavy atom. The first-order valence-electron chi connectivity index (χ1n) is 5.03. The van der Waals surface area contributed by atoms with E-state index in [0.29, 0.717) is 6.54 Å². The van der Waals surface area contributed by atoms with Crippen LogP contribution in [0.5, 0.6) is 0 Å². The number of hydrogen-bond acceptors (Lipinski definition) is 5. The number of nitrogens with zero attached hydrogens (tertiary/aromatic N) is 3. The van der Waals surface area contributed by atoms with Gasteiger partial charge in [-0.3, -0.25) is 4.79 Å². The van der Waals surface area contributed by atoms with Crippen molar-refractivity contribution in [1.29, 1.82) is 0 Å². The molecule has 5 nitrogen and oxygen atoms in total. The fourth-order valence-electron chi connectivity index (χ4n) is 1.40. The highest BCUT2D eigenvalue weighted by molar-refractivity contribution is 7.09. The molecule has 6 heteroatoms. The number of aromatic nitrogens is 2. The molecule has 0 spiro atoms. The summed E-state index contributed by atoms with van der Waals surface area (Å²) in [6.45, 7) is 0.548. The number of carbonyl (C=O) groups excluding carboxylic acids is 1. The molecule has 17 heavy (non-hydrogen) atoms. The first-order valence-corrected chi connectivity index (χ1v) is 5.91. The molecule has 0 bridgehead atoms. The Balaban J connectivity index is 2.13. The summed E-state index contributed by atoms with van der Waals surface area (Å²) in [6, 6.07) is 3.93. The van der Waals surface area contributed by atoms with Crippen LogP contribution in [0.1, 0.15) is 15.4 Å². The minimum absolute atomic E-state index is 0.163. The third kappa shape index (κ3) is 2.59. The molecule has 0 aliphatic rings. The lowest BCUT2D eigenvalue weighted by Crippen LogP contribution is -2.27. The number of rotatable bonds is 3. The molecule has 2 aromatic heterocycles. The molecule has 2 aromatic rings. The molecular formula is C11H12N4OS. The third-order valence-electron chi connectivity index (χ3n) is 2.25. The molecule has 2 N–H and O–H groups in total. The summed E-state index contributed by atoms with van der Waals surface area (Å²) in [5.41, 5.74) is 5.81. The number of anilines is 1. The van der Waals surface area contributed by atoms with Crippen LogP contribution in [0.3, 0.4) is 0 Å². The van der Waals surface area contributed by atoms with E-state index in [1.165, 1.54) is 12.4 Å². The minimum Gasteiger partial charge on any atom is -0.382 e. The van der Waals surface area contributed by atoms with E-state index >= 15 is 0 Å². The Morgan fingerprint density at radius 2 is 2.24 bits per heavy atom. The van der Waals surface area contributed by atoms with Gasteiger partial charge in [0.25, 0.3) is 5.91 Å². The normalized spacial score (nSPS) is 10.2. The van der Waals surface area contributed by atoms with Gasteiger partial charge in [0.15, 0.2) is 11.5 Å². The standard InChI is InChI=1S/C11H12N4OS/c1-15(7-8-3-2-6-17-8)11(16)9-10(12)14-5-4-13-9/h2-6H,7H2,1H3,(H2,12,14). The number of amides is 1. The van der Waals surface area contributed by atoms with Crippen molar-refractivity contribution in [3.63, 3.8) is 0 Å².